The van der Waals surface area contributed by atoms with Crippen molar-refractivity contribution in [3.05, 3.63) is 35.4 Å². The van der Waals surface area contributed by atoms with Crippen LogP contribution in [0.15, 0.2) is 24.3 Å². The quantitative estimate of drug-likeness (QED) is 0.904. The monoisotopic (exact) mass is 288 g/mol. The van der Waals surface area contributed by atoms with E-state index in [1.807, 2.05) is 39.0 Å². The Hall–Kier alpha value is -1.84. The molecule has 2 amide bonds. The number of carbonyl (C=O) groups is 2. The summed E-state index contributed by atoms with van der Waals surface area (Å²) in [5.41, 5.74) is 2.24. The summed E-state index contributed by atoms with van der Waals surface area (Å²) in [7, 11) is 0. The van der Waals surface area contributed by atoms with Gasteiger partial charge in [0.1, 0.15) is 12.1 Å². The maximum Gasteiger partial charge on any atom is 0.246 e. The molecule has 2 unspecified atom stereocenters. The van der Waals surface area contributed by atoms with E-state index in [1.165, 1.54) is 5.56 Å². The molecule has 114 valence electrons. The normalized spacial score (nSPS) is 22.3. The Balaban J connectivity index is 2.23. The summed E-state index contributed by atoms with van der Waals surface area (Å²) in [4.78, 5) is 26.6. The van der Waals surface area contributed by atoms with Crippen LogP contribution in [0.4, 0.5) is 0 Å². The van der Waals surface area contributed by atoms with Gasteiger partial charge in [0.2, 0.25) is 11.8 Å². The van der Waals surface area contributed by atoms with Crippen molar-refractivity contribution in [3.63, 3.8) is 0 Å². The molecule has 4 nitrogen and oxygen atoms in total. The van der Waals surface area contributed by atoms with Gasteiger partial charge in [-0.05, 0) is 25.3 Å². The third-order valence-corrected chi connectivity index (χ3v) is 3.98. The van der Waals surface area contributed by atoms with Crippen LogP contribution in [0, 0.1) is 6.92 Å². The Morgan fingerprint density at radius 3 is 2.62 bits per heavy atom. The number of benzene rings is 1. The van der Waals surface area contributed by atoms with Gasteiger partial charge in [-0.3, -0.25) is 9.59 Å². The average Bonchev–Trinajstić information content (AvgIpc) is 2.45. The Kier molecular flexibility index (Phi) is 4.99. The molecule has 1 aliphatic heterocycles. The smallest absolute Gasteiger partial charge is 0.246 e. The lowest BCUT2D eigenvalue weighted by molar-refractivity contribution is -0.150. The van der Waals surface area contributed by atoms with E-state index in [2.05, 4.69) is 11.4 Å². The van der Waals surface area contributed by atoms with Crippen LogP contribution < -0.4 is 5.32 Å². The molecule has 1 aliphatic rings. The second kappa shape index (κ2) is 6.74. The minimum Gasteiger partial charge on any atom is -0.343 e. The molecule has 1 saturated heterocycles. The summed E-state index contributed by atoms with van der Waals surface area (Å²) >= 11 is 0. The highest BCUT2D eigenvalue weighted by molar-refractivity contribution is 5.96. The van der Waals surface area contributed by atoms with E-state index >= 15 is 0 Å². The van der Waals surface area contributed by atoms with E-state index in [9.17, 15) is 9.59 Å². The van der Waals surface area contributed by atoms with E-state index in [-0.39, 0.29) is 23.9 Å². The summed E-state index contributed by atoms with van der Waals surface area (Å²) in [5.74, 6) is 0.0213. The highest BCUT2D eigenvalue weighted by Crippen LogP contribution is 2.19. The first-order chi connectivity index (χ1) is 10.1. The molecule has 0 saturated carbocycles. The average molecular weight is 288 g/mol. The molecule has 1 aromatic rings. The van der Waals surface area contributed by atoms with Gasteiger partial charge in [-0.1, -0.05) is 50.1 Å². The van der Waals surface area contributed by atoms with Crippen molar-refractivity contribution in [2.75, 3.05) is 0 Å². The first-order valence-corrected chi connectivity index (χ1v) is 7.73. The number of hydrogen-bond acceptors (Lipinski definition) is 2. The summed E-state index contributed by atoms with van der Waals surface area (Å²) in [6, 6.07) is 7.38. The van der Waals surface area contributed by atoms with E-state index in [4.69, 9.17) is 0 Å². The van der Waals surface area contributed by atoms with Crippen molar-refractivity contribution < 1.29 is 9.59 Å². The molecular formula is C17H24N2O2. The van der Waals surface area contributed by atoms with E-state index in [0.717, 1.165) is 12.0 Å². The number of carbonyl (C=O) groups excluding carboxylic acids is 2. The summed E-state index contributed by atoms with van der Waals surface area (Å²) in [6.45, 7) is 6.51. The number of nitrogens with zero attached hydrogens (tertiary/aromatic N) is 1. The van der Waals surface area contributed by atoms with Gasteiger partial charge in [-0.15, -0.1) is 0 Å². The summed E-state index contributed by atoms with van der Waals surface area (Å²) in [5, 5.41) is 2.87. The molecule has 1 N–H and O–H groups in total. The van der Waals surface area contributed by atoms with Crippen LogP contribution in [0.5, 0.6) is 0 Å². The molecule has 0 spiro atoms. The van der Waals surface area contributed by atoms with Crippen LogP contribution in [0.3, 0.4) is 0 Å². The van der Waals surface area contributed by atoms with Crippen LogP contribution in [-0.4, -0.2) is 28.8 Å². The summed E-state index contributed by atoms with van der Waals surface area (Å²) < 4.78 is 0. The zero-order chi connectivity index (χ0) is 15.4. The molecule has 0 aromatic heterocycles. The highest BCUT2D eigenvalue weighted by Gasteiger charge is 2.38. The zero-order valence-electron chi connectivity index (χ0n) is 13.1. The molecule has 1 fully saturated rings. The second-order valence-electron chi connectivity index (χ2n) is 5.73. The first kappa shape index (κ1) is 15.5. The molecule has 2 rings (SSSR count). The number of piperazine rings is 1. The third kappa shape index (κ3) is 3.43. The Morgan fingerprint density at radius 1 is 1.24 bits per heavy atom. The topological polar surface area (TPSA) is 49.4 Å². The van der Waals surface area contributed by atoms with Crippen molar-refractivity contribution in [1.82, 2.24) is 10.2 Å². The molecule has 4 heteroatoms. The second-order valence-corrected chi connectivity index (χ2v) is 5.73. The molecule has 1 aromatic carbocycles. The van der Waals surface area contributed by atoms with Gasteiger partial charge in [0.15, 0.2) is 0 Å². The van der Waals surface area contributed by atoms with Gasteiger partial charge >= 0.3 is 0 Å². The number of hydrogen-bond donors (Lipinski definition) is 1. The van der Waals surface area contributed by atoms with Gasteiger partial charge in [0.05, 0.1) is 0 Å². The predicted molar refractivity (Wildman–Crippen MR) is 82.6 cm³/mol. The largest absolute Gasteiger partial charge is 0.343 e. The summed E-state index contributed by atoms with van der Waals surface area (Å²) in [6.07, 6.45) is 2.22. The maximum atomic E-state index is 12.6. The van der Waals surface area contributed by atoms with Gasteiger partial charge in [0.25, 0.3) is 0 Å². The van der Waals surface area contributed by atoms with Crippen LogP contribution in [-0.2, 0) is 16.1 Å². The van der Waals surface area contributed by atoms with Crippen LogP contribution in [0.2, 0.25) is 0 Å². The fourth-order valence-corrected chi connectivity index (χ4v) is 2.91. The molecule has 0 bridgehead atoms. The lowest BCUT2D eigenvalue weighted by Crippen LogP contribution is -2.62. The SMILES string of the molecule is CCCC1NC(=O)C(CC)N(Cc2cccc(C)c2)C1=O. The van der Waals surface area contributed by atoms with Gasteiger partial charge < -0.3 is 10.2 Å². The minimum atomic E-state index is -0.366. The lowest BCUT2D eigenvalue weighted by Gasteiger charge is -2.38. The molecule has 2 atom stereocenters. The van der Waals surface area contributed by atoms with Crippen LogP contribution in [0.25, 0.3) is 0 Å². The molecular weight excluding hydrogens is 264 g/mol. The minimum absolute atomic E-state index is 0.0248. The highest BCUT2D eigenvalue weighted by atomic mass is 16.2. The van der Waals surface area contributed by atoms with Crippen molar-refractivity contribution >= 4 is 11.8 Å². The number of nitrogens with one attached hydrogen (secondary N) is 1. The van der Waals surface area contributed by atoms with Crippen molar-refractivity contribution in [2.45, 2.75) is 58.7 Å². The Bertz CT molecular complexity index is 527. The standard InChI is InChI=1S/C17H24N2O2/c1-4-7-14-17(21)19(15(5-2)16(20)18-14)11-13-9-6-8-12(3)10-13/h6,8-10,14-15H,4-5,7,11H2,1-3H3,(H,18,20). The van der Waals surface area contributed by atoms with Crippen molar-refractivity contribution in [1.29, 1.82) is 0 Å². The molecule has 0 aliphatic carbocycles. The van der Waals surface area contributed by atoms with Crippen LogP contribution >= 0.6 is 0 Å². The van der Waals surface area contributed by atoms with E-state index < -0.39 is 0 Å². The fourth-order valence-electron chi connectivity index (χ4n) is 2.91. The van der Waals surface area contributed by atoms with Crippen molar-refractivity contribution in [3.8, 4) is 0 Å². The molecule has 21 heavy (non-hydrogen) atoms. The van der Waals surface area contributed by atoms with Crippen LogP contribution in [0.1, 0.15) is 44.2 Å². The van der Waals surface area contributed by atoms with Gasteiger partial charge in [-0.2, -0.15) is 0 Å². The van der Waals surface area contributed by atoms with E-state index in [1.54, 1.807) is 4.90 Å². The number of rotatable bonds is 5. The maximum absolute atomic E-state index is 12.6. The number of aryl methyl sites for hydroxylation is 1. The first-order valence-electron chi connectivity index (χ1n) is 7.73. The molecule has 1 heterocycles. The van der Waals surface area contributed by atoms with E-state index in [0.29, 0.717) is 19.4 Å². The lowest BCUT2D eigenvalue weighted by atomic mass is 10.0. The Labute approximate surface area is 126 Å². The Morgan fingerprint density at radius 2 is 2.00 bits per heavy atom. The predicted octanol–water partition coefficient (Wildman–Crippen LogP) is 2.40. The zero-order valence-corrected chi connectivity index (χ0v) is 13.1. The van der Waals surface area contributed by atoms with Gasteiger partial charge in [-0.25, -0.2) is 0 Å². The molecule has 0 radical (unpaired) electrons. The number of amides is 2. The third-order valence-electron chi connectivity index (χ3n) is 3.98. The van der Waals surface area contributed by atoms with Gasteiger partial charge in [0, 0.05) is 6.54 Å². The van der Waals surface area contributed by atoms with Crippen molar-refractivity contribution in [2.24, 2.45) is 0 Å². The fraction of sp³-hybridized carbons (Fsp3) is 0.529.